The number of halogens is 1. The van der Waals surface area contributed by atoms with Crippen molar-refractivity contribution in [2.24, 2.45) is 0 Å². The predicted octanol–water partition coefficient (Wildman–Crippen LogP) is 4.48. The number of nitrogens with zero attached hydrogens (tertiary/aromatic N) is 4. The van der Waals surface area contributed by atoms with Gasteiger partial charge in [-0.1, -0.05) is 19.3 Å². The van der Waals surface area contributed by atoms with Crippen LogP contribution in [-0.4, -0.2) is 19.9 Å². The van der Waals surface area contributed by atoms with Gasteiger partial charge in [0.2, 0.25) is 0 Å². The smallest absolute Gasteiger partial charge is 0.165 e. The van der Waals surface area contributed by atoms with Crippen molar-refractivity contribution >= 4 is 32.8 Å². The molecule has 1 fully saturated rings. The maximum Gasteiger partial charge on any atom is 0.165 e. The standard InChI is InChI=1S/C18H18BrN5/c19-15-7-6-12(9-21-15)14-8-13(11-4-2-1-3-5-11)16-17(20)22-10-23-18(16)24-14/h6-11H,1-5H2,(H2,20,22,23,24). The molecule has 0 aromatic carbocycles. The molecule has 3 aromatic heterocycles. The third-order valence-electron chi connectivity index (χ3n) is 4.73. The highest BCUT2D eigenvalue weighted by Crippen LogP contribution is 2.38. The number of hydrogen-bond donors (Lipinski definition) is 1. The molecule has 0 aliphatic heterocycles. The number of fused-ring (bicyclic) bond motifs is 1. The first-order valence-electron chi connectivity index (χ1n) is 8.25. The summed E-state index contributed by atoms with van der Waals surface area (Å²) in [4.78, 5) is 17.6. The van der Waals surface area contributed by atoms with Crippen LogP contribution in [0, 0.1) is 0 Å². The second-order valence-electron chi connectivity index (χ2n) is 6.26. The van der Waals surface area contributed by atoms with E-state index < -0.39 is 0 Å². The van der Waals surface area contributed by atoms with Crippen LogP contribution >= 0.6 is 15.9 Å². The molecule has 0 bridgehead atoms. The number of aromatic nitrogens is 4. The summed E-state index contributed by atoms with van der Waals surface area (Å²) in [7, 11) is 0. The summed E-state index contributed by atoms with van der Waals surface area (Å²) in [5.74, 6) is 1.02. The molecule has 1 saturated carbocycles. The van der Waals surface area contributed by atoms with Crippen LogP contribution < -0.4 is 5.73 Å². The quantitative estimate of drug-likeness (QED) is 0.660. The van der Waals surface area contributed by atoms with Crippen LogP contribution in [0.15, 0.2) is 35.3 Å². The van der Waals surface area contributed by atoms with Gasteiger partial charge in [0, 0.05) is 11.8 Å². The normalized spacial score (nSPS) is 15.7. The Morgan fingerprint density at radius 3 is 2.62 bits per heavy atom. The molecule has 1 aliphatic rings. The molecule has 1 aliphatic carbocycles. The maximum atomic E-state index is 6.16. The molecule has 4 rings (SSSR count). The molecule has 0 saturated heterocycles. The number of rotatable bonds is 2. The lowest BCUT2D eigenvalue weighted by Crippen LogP contribution is -2.08. The van der Waals surface area contributed by atoms with E-state index in [1.165, 1.54) is 44.0 Å². The molecule has 0 spiro atoms. The summed E-state index contributed by atoms with van der Waals surface area (Å²) in [5, 5.41) is 0.915. The highest BCUT2D eigenvalue weighted by molar-refractivity contribution is 9.10. The van der Waals surface area contributed by atoms with E-state index in [9.17, 15) is 0 Å². The minimum atomic E-state index is 0.500. The zero-order valence-electron chi connectivity index (χ0n) is 13.2. The van der Waals surface area contributed by atoms with Crippen LogP contribution in [0.4, 0.5) is 5.82 Å². The Morgan fingerprint density at radius 2 is 1.88 bits per heavy atom. The van der Waals surface area contributed by atoms with Gasteiger partial charge in [-0.3, -0.25) is 0 Å². The van der Waals surface area contributed by atoms with Gasteiger partial charge in [-0.2, -0.15) is 0 Å². The predicted molar refractivity (Wildman–Crippen MR) is 98.5 cm³/mol. The van der Waals surface area contributed by atoms with E-state index in [-0.39, 0.29) is 0 Å². The lowest BCUT2D eigenvalue weighted by molar-refractivity contribution is 0.445. The van der Waals surface area contributed by atoms with Crippen molar-refractivity contribution in [3.05, 3.63) is 40.9 Å². The molecular weight excluding hydrogens is 366 g/mol. The molecule has 3 aromatic rings. The Bertz CT molecular complexity index is 872. The first kappa shape index (κ1) is 15.4. The van der Waals surface area contributed by atoms with Crippen molar-refractivity contribution in [3.63, 3.8) is 0 Å². The summed E-state index contributed by atoms with van der Waals surface area (Å²) in [6.07, 6.45) is 9.52. The molecule has 122 valence electrons. The van der Waals surface area contributed by atoms with Crippen molar-refractivity contribution in [2.75, 3.05) is 5.73 Å². The van der Waals surface area contributed by atoms with E-state index in [4.69, 9.17) is 10.7 Å². The molecule has 5 nitrogen and oxygen atoms in total. The zero-order chi connectivity index (χ0) is 16.5. The van der Waals surface area contributed by atoms with Gasteiger partial charge >= 0.3 is 0 Å². The molecule has 0 atom stereocenters. The van der Waals surface area contributed by atoms with E-state index >= 15 is 0 Å². The summed E-state index contributed by atoms with van der Waals surface area (Å²) in [5.41, 5.74) is 9.94. The van der Waals surface area contributed by atoms with Crippen LogP contribution in [0.1, 0.15) is 43.6 Å². The monoisotopic (exact) mass is 383 g/mol. The highest BCUT2D eigenvalue weighted by Gasteiger charge is 2.21. The van der Waals surface area contributed by atoms with E-state index in [0.29, 0.717) is 17.4 Å². The number of hydrogen-bond acceptors (Lipinski definition) is 5. The van der Waals surface area contributed by atoms with E-state index in [0.717, 1.165) is 21.2 Å². The minimum Gasteiger partial charge on any atom is -0.383 e. The second-order valence-corrected chi connectivity index (χ2v) is 7.07. The fourth-order valence-electron chi connectivity index (χ4n) is 3.53. The van der Waals surface area contributed by atoms with Gasteiger partial charge in [0.1, 0.15) is 16.7 Å². The second kappa shape index (κ2) is 6.43. The summed E-state index contributed by atoms with van der Waals surface area (Å²) in [6.45, 7) is 0. The lowest BCUT2D eigenvalue weighted by atomic mass is 9.82. The highest BCUT2D eigenvalue weighted by atomic mass is 79.9. The molecule has 2 N–H and O–H groups in total. The fraction of sp³-hybridized carbons (Fsp3) is 0.333. The number of nitrogen functional groups attached to an aromatic ring is 1. The van der Waals surface area contributed by atoms with Crippen molar-refractivity contribution in [2.45, 2.75) is 38.0 Å². The first-order valence-corrected chi connectivity index (χ1v) is 9.05. The lowest BCUT2D eigenvalue weighted by Gasteiger charge is -2.24. The molecule has 24 heavy (non-hydrogen) atoms. The topological polar surface area (TPSA) is 77.6 Å². The Hall–Kier alpha value is -2.08. The summed E-state index contributed by atoms with van der Waals surface area (Å²) < 4.78 is 0.811. The Kier molecular flexibility index (Phi) is 4.14. The van der Waals surface area contributed by atoms with Crippen LogP contribution in [0.25, 0.3) is 22.3 Å². The molecule has 0 amide bonds. The average Bonchev–Trinajstić information content (AvgIpc) is 2.62. The summed E-state index contributed by atoms with van der Waals surface area (Å²) in [6, 6.07) is 6.10. The van der Waals surface area contributed by atoms with E-state index in [1.807, 2.05) is 18.3 Å². The molecule has 0 unspecified atom stereocenters. The van der Waals surface area contributed by atoms with Crippen molar-refractivity contribution in [3.8, 4) is 11.3 Å². The zero-order valence-corrected chi connectivity index (χ0v) is 14.8. The third kappa shape index (κ3) is 2.86. The Balaban J connectivity index is 1.91. The summed E-state index contributed by atoms with van der Waals surface area (Å²) >= 11 is 3.38. The van der Waals surface area contributed by atoms with Crippen LogP contribution in [-0.2, 0) is 0 Å². The maximum absolute atomic E-state index is 6.16. The number of nitrogens with two attached hydrogens (primary N) is 1. The molecule has 6 heteroatoms. The van der Waals surface area contributed by atoms with Crippen molar-refractivity contribution in [1.29, 1.82) is 0 Å². The van der Waals surface area contributed by atoms with Crippen molar-refractivity contribution in [1.82, 2.24) is 19.9 Å². The first-order chi connectivity index (χ1) is 11.7. The van der Waals surface area contributed by atoms with Crippen LogP contribution in [0.3, 0.4) is 0 Å². The Morgan fingerprint density at radius 1 is 1.04 bits per heavy atom. The van der Waals surface area contributed by atoms with Gasteiger partial charge in [0.25, 0.3) is 0 Å². The number of pyridine rings is 2. The van der Waals surface area contributed by atoms with Gasteiger partial charge < -0.3 is 5.73 Å². The molecular formula is C18H18BrN5. The van der Waals surface area contributed by atoms with Gasteiger partial charge in [-0.25, -0.2) is 19.9 Å². The fourth-order valence-corrected chi connectivity index (χ4v) is 3.76. The van der Waals surface area contributed by atoms with Crippen LogP contribution in [0.5, 0.6) is 0 Å². The van der Waals surface area contributed by atoms with E-state index in [2.05, 4.69) is 36.9 Å². The van der Waals surface area contributed by atoms with Crippen LogP contribution in [0.2, 0.25) is 0 Å². The SMILES string of the molecule is Nc1ncnc2nc(-c3ccc(Br)nc3)cc(C3CCCCC3)c12. The van der Waals surface area contributed by atoms with E-state index in [1.54, 1.807) is 0 Å². The van der Waals surface area contributed by atoms with Gasteiger partial charge in [0.15, 0.2) is 5.65 Å². The molecule has 0 radical (unpaired) electrons. The van der Waals surface area contributed by atoms with Gasteiger partial charge in [-0.15, -0.1) is 0 Å². The Labute approximate surface area is 148 Å². The largest absolute Gasteiger partial charge is 0.383 e. The van der Waals surface area contributed by atoms with Crippen molar-refractivity contribution < 1.29 is 0 Å². The average molecular weight is 384 g/mol. The minimum absolute atomic E-state index is 0.500. The number of anilines is 1. The third-order valence-corrected chi connectivity index (χ3v) is 5.20. The molecule has 3 heterocycles. The van der Waals surface area contributed by atoms with Gasteiger partial charge in [0.05, 0.1) is 11.1 Å². The van der Waals surface area contributed by atoms with Gasteiger partial charge in [-0.05, 0) is 58.5 Å².